The monoisotopic (exact) mass is 346 g/mol. The maximum absolute atomic E-state index is 12.3. The molecule has 9 heteroatoms. The third-order valence-corrected chi connectivity index (χ3v) is 4.58. The van der Waals surface area contributed by atoms with E-state index in [0.29, 0.717) is 0 Å². The average molecular weight is 347 g/mol. The second-order valence-electron chi connectivity index (χ2n) is 3.89. The van der Waals surface area contributed by atoms with E-state index >= 15 is 0 Å². The van der Waals surface area contributed by atoms with Crippen LogP contribution in [-0.4, -0.2) is 24.5 Å². The van der Waals surface area contributed by atoms with Gasteiger partial charge in [-0.05, 0) is 30.3 Å². The van der Waals surface area contributed by atoms with Gasteiger partial charge in [-0.15, -0.1) is 0 Å². The molecule has 1 aromatic heterocycles. The van der Waals surface area contributed by atoms with Crippen LogP contribution in [0.2, 0.25) is 10.0 Å². The number of aromatic nitrogens is 1. The molecule has 0 bridgehead atoms. The van der Waals surface area contributed by atoms with Gasteiger partial charge in [-0.3, -0.25) is 4.72 Å². The number of hydrogen-bond acceptors (Lipinski definition) is 4. The number of carboxylic acid groups (broad SMARTS) is 1. The first-order valence-corrected chi connectivity index (χ1v) is 7.71. The lowest BCUT2D eigenvalue weighted by Gasteiger charge is -2.10. The zero-order valence-electron chi connectivity index (χ0n) is 10.2. The highest BCUT2D eigenvalue weighted by Gasteiger charge is 2.21. The minimum Gasteiger partial charge on any atom is -0.478 e. The summed E-state index contributed by atoms with van der Waals surface area (Å²) < 4.78 is 26.7. The van der Waals surface area contributed by atoms with Crippen molar-refractivity contribution in [2.45, 2.75) is 4.90 Å². The number of aromatic carboxylic acids is 1. The van der Waals surface area contributed by atoms with Gasteiger partial charge in [0.25, 0.3) is 10.0 Å². The van der Waals surface area contributed by atoms with Crippen molar-refractivity contribution < 1.29 is 18.3 Å². The molecule has 1 aromatic carbocycles. The normalized spacial score (nSPS) is 11.1. The zero-order valence-corrected chi connectivity index (χ0v) is 12.6. The number of nitrogens with one attached hydrogen (secondary N) is 1. The van der Waals surface area contributed by atoms with Crippen LogP contribution in [0.1, 0.15) is 10.4 Å². The Morgan fingerprint density at radius 3 is 2.52 bits per heavy atom. The third-order valence-electron chi connectivity index (χ3n) is 2.46. The van der Waals surface area contributed by atoms with Gasteiger partial charge in [-0.25, -0.2) is 18.2 Å². The predicted molar refractivity (Wildman–Crippen MR) is 78.5 cm³/mol. The summed E-state index contributed by atoms with van der Waals surface area (Å²) >= 11 is 11.6. The van der Waals surface area contributed by atoms with Crippen LogP contribution in [0.4, 0.5) is 5.82 Å². The molecule has 0 saturated heterocycles. The van der Waals surface area contributed by atoms with Crippen molar-refractivity contribution in [1.82, 2.24) is 4.98 Å². The van der Waals surface area contributed by atoms with Crippen LogP contribution in [0.15, 0.2) is 41.4 Å². The number of nitrogens with zero attached hydrogens (tertiary/aromatic N) is 1. The van der Waals surface area contributed by atoms with E-state index in [-0.39, 0.29) is 26.3 Å². The van der Waals surface area contributed by atoms with E-state index in [9.17, 15) is 13.2 Å². The van der Waals surface area contributed by atoms with Crippen molar-refractivity contribution in [3.8, 4) is 0 Å². The summed E-state index contributed by atoms with van der Waals surface area (Å²) in [7, 11) is -4.11. The second kappa shape index (κ2) is 5.88. The lowest BCUT2D eigenvalue weighted by molar-refractivity contribution is 0.0696. The molecule has 0 spiro atoms. The van der Waals surface area contributed by atoms with Gasteiger partial charge in [0, 0.05) is 6.20 Å². The van der Waals surface area contributed by atoms with Gasteiger partial charge < -0.3 is 5.11 Å². The quantitative estimate of drug-likeness (QED) is 0.887. The molecule has 21 heavy (non-hydrogen) atoms. The Morgan fingerprint density at radius 2 is 1.90 bits per heavy atom. The van der Waals surface area contributed by atoms with Gasteiger partial charge in [-0.2, -0.15) is 0 Å². The molecule has 2 aromatic rings. The van der Waals surface area contributed by atoms with Crippen LogP contribution in [0.25, 0.3) is 0 Å². The fourth-order valence-corrected chi connectivity index (χ4v) is 3.27. The number of pyridine rings is 1. The van der Waals surface area contributed by atoms with E-state index in [1.165, 1.54) is 30.5 Å². The van der Waals surface area contributed by atoms with Crippen LogP contribution >= 0.6 is 23.2 Å². The van der Waals surface area contributed by atoms with Crippen LogP contribution in [0.5, 0.6) is 0 Å². The Balaban J connectivity index is 2.47. The summed E-state index contributed by atoms with van der Waals surface area (Å²) in [6, 6.07) is 6.36. The molecule has 0 saturated carbocycles. The van der Waals surface area contributed by atoms with E-state index < -0.39 is 16.0 Å². The van der Waals surface area contributed by atoms with Gasteiger partial charge in [0.05, 0.1) is 15.6 Å². The van der Waals surface area contributed by atoms with Gasteiger partial charge in [-0.1, -0.05) is 23.2 Å². The molecule has 2 N–H and O–H groups in total. The molecule has 110 valence electrons. The molecule has 0 aliphatic rings. The summed E-state index contributed by atoms with van der Waals surface area (Å²) in [4.78, 5) is 14.3. The SMILES string of the molecule is O=C(O)c1ccc(Cl)c(S(=O)(=O)Nc2ncccc2Cl)c1. The maximum Gasteiger partial charge on any atom is 0.335 e. The molecule has 0 atom stereocenters. The Labute approximate surface area is 130 Å². The molecular formula is C12H8Cl2N2O4S. The first-order valence-electron chi connectivity index (χ1n) is 5.47. The maximum atomic E-state index is 12.3. The number of halogens is 2. The van der Waals surface area contributed by atoms with Crippen molar-refractivity contribution in [2.24, 2.45) is 0 Å². The van der Waals surface area contributed by atoms with Gasteiger partial charge >= 0.3 is 5.97 Å². The minimum atomic E-state index is -4.11. The van der Waals surface area contributed by atoms with Crippen molar-refractivity contribution in [1.29, 1.82) is 0 Å². The smallest absolute Gasteiger partial charge is 0.335 e. The second-order valence-corrected chi connectivity index (χ2v) is 6.35. The number of rotatable bonds is 4. The number of carboxylic acids is 1. The molecule has 1 heterocycles. The van der Waals surface area contributed by atoms with E-state index in [0.717, 1.165) is 6.07 Å². The van der Waals surface area contributed by atoms with Crippen LogP contribution < -0.4 is 4.72 Å². The fraction of sp³-hybridized carbons (Fsp3) is 0. The van der Waals surface area contributed by atoms with Crippen LogP contribution in [0.3, 0.4) is 0 Å². The summed E-state index contributed by atoms with van der Waals surface area (Å²) in [5.74, 6) is -1.34. The predicted octanol–water partition coefficient (Wildman–Crippen LogP) is 2.89. The van der Waals surface area contributed by atoms with Crippen molar-refractivity contribution in [3.05, 3.63) is 52.1 Å². The Kier molecular flexibility index (Phi) is 4.36. The fourth-order valence-electron chi connectivity index (χ4n) is 1.49. The summed E-state index contributed by atoms with van der Waals surface area (Å²) in [5.41, 5.74) is -0.202. The van der Waals surface area contributed by atoms with Crippen molar-refractivity contribution >= 4 is 45.0 Å². The number of benzene rings is 1. The third kappa shape index (κ3) is 3.44. The molecule has 2 rings (SSSR count). The summed E-state index contributed by atoms with van der Waals surface area (Å²) in [5, 5.41) is 8.90. The molecule has 0 fully saturated rings. The minimum absolute atomic E-state index is 0.0732. The highest BCUT2D eigenvalue weighted by atomic mass is 35.5. The standard InChI is InChI=1S/C12H8Cl2N2O4S/c13-8-4-3-7(12(17)18)6-10(8)21(19,20)16-11-9(14)2-1-5-15-11/h1-6H,(H,15,16)(H,17,18). The largest absolute Gasteiger partial charge is 0.478 e. The van der Waals surface area contributed by atoms with E-state index in [1.54, 1.807) is 0 Å². The lowest BCUT2D eigenvalue weighted by atomic mass is 10.2. The number of hydrogen-bond donors (Lipinski definition) is 2. The van der Waals surface area contributed by atoms with Gasteiger partial charge in [0.15, 0.2) is 5.82 Å². The topological polar surface area (TPSA) is 96.4 Å². The number of carbonyl (C=O) groups is 1. The van der Waals surface area contributed by atoms with E-state index in [4.69, 9.17) is 28.3 Å². The zero-order chi connectivity index (χ0) is 15.6. The Bertz CT molecular complexity index is 809. The van der Waals surface area contributed by atoms with Gasteiger partial charge in [0.2, 0.25) is 0 Å². The number of sulfonamides is 1. The summed E-state index contributed by atoms with van der Waals surface area (Å²) in [6.07, 6.45) is 1.36. The molecular weight excluding hydrogens is 339 g/mol. The summed E-state index contributed by atoms with van der Waals surface area (Å²) in [6.45, 7) is 0. The van der Waals surface area contributed by atoms with Crippen molar-refractivity contribution in [3.63, 3.8) is 0 Å². The molecule has 0 aliphatic heterocycles. The first kappa shape index (κ1) is 15.6. The molecule has 0 unspecified atom stereocenters. The van der Waals surface area contributed by atoms with Crippen LogP contribution in [0, 0.1) is 0 Å². The van der Waals surface area contributed by atoms with Crippen molar-refractivity contribution in [2.75, 3.05) is 4.72 Å². The van der Waals surface area contributed by atoms with Gasteiger partial charge in [0.1, 0.15) is 4.90 Å². The lowest BCUT2D eigenvalue weighted by Crippen LogP contribution is -2.15. The van der Waals surface area contributed by atoms with E-state index in [1.807, 2.05) is 0 Å². The first-order chi connectivity index (χ1) is 9.81. The van der Waals surface area contributed by atoms with Crippen LogP contribution in [-0.2, 0) is 10.0 Å². The Hall–Kier alpha value is -1.83. The molecule has 6 nitrogen and oxygen atoms in total. The molecule has 0 aliphatic carbocycles. The highest BCUT2D eigenvalue weighted by Crippen LogP contribution is 2.26. The van der Waals surface area contributed by atoms with E-state index in [2.05, 4.69) is 9.71 Å². The average Bonchev–Trinajstić information content (AvgIpc) is 2.41. The Morgan fingerprint density at radius 1 is 1.19 bits per heavy atom. The number of anilines is 1. The highest BCUT2D eigenvalue weighted by molar-refractivity contribution is 7.92. The molecule has 0 amide bonds. The molecule has 0 radical (unpaired) electrons.